The third-order valence-corrected chi connectivity index (χ3v) is 6.35. The van der Waals surface area contributed by atoms with Gasteiger partial charge in [-0.15, -0.1) is 0 Å². The molecular weight excluding hydrogens is 459 g/mol. The molecule has 1 aromatic heterocycles. The van der Waals surface area contributed by atoms with Gasteiger partial charge in [0.1, 0.15) is 5.69 Å². The van der Waals surface area contributed by atoms with E-state index in [-0.39, 0.29) is 11.9 Å². The number of rotatable bonds is 5. The summed E-state index contributed by atoms with van der Waals surface area (Å²) in [5, 5.41) is 7.12. The lowest BCUT2D eigenvalue weighted by atomic mass is 10.0. The van der Waals surface area contributed by atoms with E-state index < -0.39 is 12.1 Å². The molecule has 1 N–H and O–H groups in total. The number of carboxylic acids is 1. The van der Waals surface area contributed by atoms with Crippen LogP contribution in [0.4, 0.5) is 13.2 Å². The van der Waals surface area contributed by atoms with Crippen LogP contribution >= 0.6 is 0 Å². The number of carboxylic acid groups (broad SMARTS) is 1. The normalized spacial score (nSPS) is 19.5. The standard InChI is InChI=1S/C24H25N3O.C2HF3O2/c28-24-21-12-7-14-26(21)22-17-25(15-13-19-8-3-1-4-9-19)18-23(22)27(24)16-20-10-5-2-6-11-20;3-2(4,5)1(6)7/h1-12,14,22-23H,13,15-18H2;(H,6,7). The summed E-state index contributed by atoms with van der Waals surface area (Å²) in [6.45, 7) is 3.64. The number of halogens is 3. The molecule has 0 bridgehead atoms. The average molecular weight is 486 g/mol. The van der Waals surface area contributed by atoms with Crippen LogP contribution in [-0.4, -0.2) is 63.2 Å². The second kappa shape index (κ2) is 10.4. The highest BCUT2D eigenvalue weighted by atomic mass is 19.4. The van der Waals surface area contributed by atoms with Crippen LogP contribution in [0, 0.1) is 0 Å². The topological polar surface area (TPSA) is 65.8 Å². The number of alkyl halides is 3. The Morgan fingerprint density at radius 2 is 1.46 bits per heavy atom. The number of hydrogen-bond acceptors (Lipinski definition) is 3. The smallest absolute Gasteiger partial charge is 0.475 e. The van der Waals surface area contributed by atoms with Gasteiger partial charge in [-0.2, -0.15) is 13.2 Å². The van der Waals surface area contributed by atoms with E-state index in [1.165, 1.54) is 11.1 Å². The predicted octanol–water partition coefficient (Wildman–Crippen LogP) is 4.25. The Morgan fingerprint density at radius 3 is 2.06 bits per heavy atom. The molecule has 2 atom stereocenters. The maximum atomic E-state index is 13.2. The maximum absolute atomic E-state index is 13.2. The van der Waals surface area contributed by atoms with Gasteiger partial charge in [-0.3, -0.25) is 9.69 Å². The maximum Gasteiger partial charge on any atom is 0.490 e. The van der Waals surface area contributed by atoms with Crippen LogP contribution in [0.15, 0.2) is 79.0 Å². The van der Waals surface area contributed by atoms with E-state index in [1.807, 2.05) is 30.3 Å². The number of carbonyl (C=O) groups is 2. The Balaban J connectivity index is 0.000000364. The number of carbonyl (C=O) groups excluding carboxylic acids is 1. The van der Waals surface area contributed by atoms with Crippen molar-refractivity contribution in [1.82, 2.24) is 14.4 Å². The van der Waals surface area contributed by atoms with Crippen LogP contribution in [-0.2, 0) is 17.8 Å². The van der Waals surface area contributed by atoms with Crippen molar-refractivity contribution in [3.63, 3.8) is 0 Å². The van der Waals surface area contributed by atoms with Crippen molar-refractivity contribution in [1.29, 1.82) is 0 Å². The lowest BCUT2D eigenvalue weighted by molar-refractivity contribution is -0.192. The van der Waals surface area contributed by atoms with E-state index in [1.54, 1.807) is 0 Å². The number of benzene rings is 2. The van der Waals surface area contributed by atoms with Crippen LogP contribution in [0.25, 0.3) is 0 Å². The summed E-state index contributed by atoms with van der Waals surface area (Å²) in [6.07, 6.45) is -1.96. The first kappa shape index (κ1) is 24.5. The summed E-state index contributed by atoms with van der Waals surface area (Å²) in [6, 6.07) is 25.5. The van der Waals surface area contributed by atoms with Crippen molar-refractivity contribution in [2.75, 3.05) is 19.6 Å². The molecule has 0 spiro atoms. The molecule has 3 aromatic rings. The Kier molecular flexibility index (Phi) is 7.25. The van der Waals surface area contributed by atoms with E-state index in [4.69, 9.17) is 9.90 Å². The summed E-state index contributed by atoms with van der Waals surface area (Å²) in [5.74, 6) is -2.60. The van der Waals surface area contributed by atoms with Crippen LogP contribution in [0.3, 0.4) is 0 Å². The summed E-state index contributed by atoms with van der Waals surface area (Å²) < 4.78 is 33.9. The van der Waals surface area contributed by atoms with Gasteiger partial charge in [0.05, 0.1) is 12.1 Å². The fourth-order valence-electron chi connectivity index (χ4n) is 4.67. The molecule has 5 rings (SSSR count). The highest BCUT2D eigenvalue weighted by Gasteiger charge is 2.44. The van der Waals surface area contributed by atoms with Crippen molar-refractivity contribution >= 4 is 11.9 Å². The zero-order chi connectivity index (χ0) is 25.0. The van der Waals surface area contributed by atoms with Gasteiger partial charge in [0.15, 0.2) is 0 Å². The van der Waals surface area contributed by atoms with Crippen LogP contribution < -0.4 is 0 Å². The highest BCUT2D eigenvalue weighted by molar-refractivity contribution is 5.94. The zero-order valence-corrected chi connectivity index (χ0v) is 18.9. The molecule has 2 aliphatic heterocycles. The van der Waals surface area contributed by atoms with Gasteiger partial charge in [-0.25, -0.2) is 4.79 Å². The quantitative estimate of drug-likeness (QED) is 0.587. The second-order valence-corrected chi connectivity index (χ2v) is 8.65. The molecule has 1 amide bonds. The monoisotopic (exact) mass is 485 g/mol. The van der Waals surface area contributed by atoms with Gasteiger partial charge < -0.3 is 14.6 Å². The largest absolute Gasteiger partial charge is 0.490 e. The van der Waals surface area contributed by atoms with Gasteiger partial charge in [-0.05, 0) is 29.7 Å². The lowest BCUT2D eigenvalue weighted by Gasteiger charge is -2.38. The molecule has 2 aromatic carbocycles. The summed E-state index contributed by atoms with van der Waals surface area (Å²) >= 11 is 0. The molecule has 1 fully saturated rings. The Bertz CT molecular complexity index is 1150. The SMILES string of the molecule is O=C(O)C(F)(F)F.O=C1c2cccn2C2CN(CCc3ccccc3)CC2N1Cc1ccccc1. The minimum absolute atomic E-state index is 0.153. The number of nitrogens with zero attached hydrogens (tertiary/aromatic N) is 3. The zero-order valence-electron chi connectivity index (χ0n) is 18.9. The van der Waals surface area contributed by atoms with Crippen molar-refractivity contribution in [2.24, 2.45) is 0 Å². The minimum atomic E-state index is -5.08. The number of hydrogen-bond donors (Lipinski definition) is 1. The first-order valence-corrected chi connectivity index (χ1v) is 11.3. The molecular formula is C26H26F3N3O3. The molecule has 0 saturated carbocycles. The van der Waals surface area contributed by atoms with Gasteiger partial charge in [0.25, 0.3) is 5.91 Å². The Morgan fingerprint density at radius 1 is 0.886 bits per heavy atom. The molecule has 0 aliphatic carbocycles. The van der Waals surface area contributed by atoms with E-state index in [0.29, 0.717) is 12.6 Å². The fraction of sp³-hybridized carbons (Fsp3) is 0.308. The first-order valence-electron chi connectivity index (χ1n) is 11.3. The third kappa shape index (κ3) is 5.74. The molecule has 184 valence electrons. The number of fused-ring (bicyclic) bond motifs is 3. The molecule has 0 radical (unpaired) electrons. The van der Waals surface area contributed by atoms with Gasteiger partial charge >= 0.3 is 12.1 Å². The Labute approximate surface area is 201 Å². The van der Waals surface area contributed by atoms with E-state index >= 15 is 0 Å². The molecule has 9 heteroatoms. The summed E-state index contributed by atoms with van der Waals surface area (Å²) in [4.78, 5) is 26.7. The van der Waals surface area contributed by atoms with Crippen molar-refractivity contribution in [2.45, 2.75) is 31.2 Å². The van der Waals surface area contributed by atoms with Crippen LogP contribution in [0.5, 0.6) is 0 Å². The first-order chi connectivity index (χ1) is 16.7. The van der Waals surface area contributed by atoms with E-state index in [0.717, 1.165) is 31.7 Å². The molecule has 1 saturated heterocycles. The minimum Gasteiger partial charge on any atom is -0.475 e. The predicted molar refractivity (Wildman–Crippen MR) is 124 cm³/mol. The van der Waals surface area contributed by atoms with Crippen LogP contribution in [0.1, 0.15) is 27.7 Å². The van der Waals surface area contributed by atoms with Crippen molar-refractivity contribution in [3.05, 3.63) is 95.8 Å². The van der Waals surface area contributed by atoms with Crippen LogP contribution in [0.2, 0.25) is 0 Å². The van der Waals surface area contributed by atoms with Gasteiger partial charge in [0.2, 0.25) is 0 Å². The Hall–Kier alpha value is -3.59. The van der Waals surface area contributed by atoms with Crippen molar-refractivity contribution in [3.8, 4) is 0 Å². The number of aliphatic carboxylic acids is 1. The number of amides is 1. The number of likely N-dealkylation sites (tertiary alicyclic amines) is 1. The second-order valence-electron chi connectivity index (χ2n) is 8.65. The van der Waals surface area contributed by atoms with Gasteiger partial charge in [0, 0.05) is 32.4 Å². The summed E-state index contributed by atoms with van der Waals surface area (Å²) in [7, 11) is 0. The molecule has 6 nitrogen and oxygen atoms in total. The third-order valence-electron chi connectivity index (χ3n) is 6.35. The van der Waals surface area contributed by atoms with Gasteiger partial charge in [-0.1, -0.05) is 60.7 Å². The lowest BCUT2D eigenvalue weighted by Crippen LogP contribution is -2.49. The average Bonchev–Trinajstić information content (AvgIpc) is 3.49. The molecule has 3 heterocycles. The highest BCUT2D eigenvalue weighted by Crippen LogP contribution is 2.34. The number of aromatic nitrogens is 1. The summed E-state index contributed by atoms with van der Waals surface area (Å²) in [5.41, 5.74) is 3.38. The molecule has 2 aliphatic rings. The molecule has 2 unspecified atom stereocenters. The molecule has 35 heavy (non-hydrogen) atoms. The van der Waals surface area contributed by atoms with E-state index in [2.05, 4.69) is 63.0 Å². The van der Waals surface area contributed by atoms with E-state index in [9.17, 15) is 18.0 Å². The fourth-order valence-corrected chi connectivity index (χ4v) is 4.67. The van der Waals surface area contributed by atoms with Crippen molar-refractivity contribution < 1.29 is 27.9 Å².